The first kappa shape index (κ1) is 36.5. The van der Waals surface area contributed by atoms with E-state index in [1.807, 2.05) is 0 Å². The second-order valence-corrected chi connectivity index (χ2v) is 20.6. The first-order chi connectivity index (χ1) is 31.8. The molecule has 3 nitrogen and oxygen atoms in total. The summed E-state index contributed by atoms with van der Waals surface area (Å²) in [5.41, 5.74) is 10.6. The van der Waals surface area contributed by atoms with Crippen LogP contribution < -0.4 is 20.7 Å². The minimum Gasteiger partial charge on any atom is -0.309 e. The first-order valence-electron chi connectivity index (χ1n) is 22.1. The summed E-state index contributed by atoms with van der Waals surface area (Å²) in [5.74, 6) is 0. The summed E-state index contributed by atoms with van der Waals surface area (Å²) in [4.78, 5) is 0. The van der Waals surface area contributed by atoms with Gasteiger partial charge in [0.05, 0.1) is 38.8 Å². The highest BCUT2D eigenvalue weighted by Gasteiger charge is 2.43. The molecule has 3 aromatic heterocycles. The SMILES string of the molecule is c1ccc(-n2c3cc(-n4c5ccccc5c5cccc([Si](c6ccccc6)(c6ccccc6)c6ccccc6)c54)ccc3c3cccc(-n4c5ccccc5c5ccccc54)c32)cc1. The summed E-state index contributed by atoms with van der Waals surface area (Å²) in [6, 6.07) is 92.3. The molecule has 0 radical (unpaired) electrons. The van der Waals surface area contributed by atoms with Crippen molar-refractivity contribution in [3.8, 4) is 17.1 Å². The summed E-state index contributed by atoms with van der Waals surface area (Å²) in [6.45, 7) is 0. The summed E-state index contributed by atoms with van der Waals surface area (Å²) >= 11 is 0. The first-order valence-corrected chi connectivity index (χ1v) is 24.1. The lowest BCUT2D eigenvalue weighted by Crippen LogP contribution is -2.75. The van der Waals surface area contributed by atoms with E-state index in [1.54, 1.807) is 0 Å². The zero-order chi connectivity index (χ0) is 42.2. The normalized spacial score (nSPS) is 12.1. The third-order valence-electron chi connectivity index (χ3n) is 13.6. The average molecular weight is 832 g/mol. The maximum atomic E-state index is 2.57. The van der Waals surface area contributed by atoms with Crippen LogP contribution in [0, 0.1) is 0 Å². The Morgan fingerprint density at radius 2 is 0.656 bits per heavy atom. The van der Waals surface area contributed by atoms with Crippen LogP contribution in [-0.2, 0) is 0 Å². The average Bonchev–Trinajstić information content (AvgIpc) is 4.01. The van der Waals surface area contributed by atoms with E-state index in [2.05, 4.69) is 262 Å². The van der Waals surface area contributed by atoms with E-state index in [-0.39, 0.29) is 0 Å². The second-order valence-electron chi connectivity index (χ2n) is 16.8. The van der Waals surface area contributed by atoms with Gasteiger partial charge in [-0.3, -0.25) is 0 Å². The second kappa shape index (κ2) is 14.5. The molecule has 0 saturated carbocycles. The maximum Gasteiger partial charge on any atom is 0.181 e. The molecule has 0 aliphatic rings. The number of rotatable bonds is 7. The molecule has 64 heavy (non-hydrogen) atoms. The minimum atomic E-state index is -2.95. The van der Waals surface area contributed by atoms with Crippen LogP contribution in [0.25, 0.3) is 82.5 Å². The zero-order valence-electron chi connectivity index (χ0n) is 35.0. The van der Waals surface area contributed by atoms with Crippen LogP contribution in [0.15, 0.2) is 249 Å². The molecule has 0 aliphatic heterocycles. The molecule has 0 bridgehead atoms. The van der Waals surface area contributed by atoms with Gasteiger partial charge in [0.1, 0.15) is 0 Å². The van der Waals surface area contributed by atoms with E-state index >= 15 is 0 Å². The van der Waals surface area contributed by atoms with E-state index in [9.17, 15) is 0 Å². The topological polar surface area (TPSA) is 14.8 Å². The summed E-state index contributed by atoms with van der Waals surface area (Å²) in [7, 11) is -2.95. The van der Waals surface area contributed by atoms with Crippen molar-refractivity contribution in [3.05, 3.63) is 249 Å². The number of hydrogen-bond acceptors (Lipinski definition) is 0. The molecule has 4 heteroatoms. The summed E-state index contributed by atoms with van der Waals surface area (Å²) in [5, 5.41) is 12.9. The molecule has 0 aliphatic carbocycles. The van der Waals surface area contributed by atoms with Gasteiger partial charge >= 0.3 is 0 Å². The fourth-order valence-corrected chi connectivity index (χ4v) is 16.0. The predicted molar refractivity (Wildman–Crippen MR) is 273 cm³/mol. The van der Waals surface area contributed by atoms with Gasteiger partial charge in [0.25, 0.3) is 0 Å². The van der Waals surface area contributed by atoms with Crippen molar-refractivity contribution in [2.75, 3.05) is 0 Å². The monoisotopic (exact) mass is 831 g/mol. The molecular weight excluding hydrogens is 791 g/mol. The Hall–Kier alpha value is -8.18. The van der Waals surface area contributed by atoms with E-state index in [0.717, 1.165) is 22.6 Å². The van der Waals surface area contributed by atoms with E-state index < -0.39 is 8.07 Å². The van der Waals surface area contributed by atoms with Gasteiger partial charge in [-0.2, -0.15) is 0 Å². The van der Waals surface area contributed by atoms with Crippen LogP contribution in [0.3, 0.4) is 0 Å². The molecule has 0 unspecified atom stereocenters. The number of para-hydroxylation sites is 6. The van der Waals surface area contributed by atoms with Gasteiger partial charge in [-0.05, 0) is 69.3 Å². The Morgan fingerprint density at radius 3 is 1.22 bits per heavy atom. The largest absolute Gasteiger partial charge is 0.309 e. The number of hydrogen-bond donors (Lipinski definition) is 0. The van der Waals surface area contributed by atoms with Crippen LogP contribution in [0.1, 0.15) is 0 Å². The maximum absolute atomic E-state index is 2.95. The molecule has 0 spiro atoms. The summed E-state index contributed by atoms with van der Waals surface area (Å²) < 4.78 is 7.53. The summed E-state index contributed by atoms with van der Waals surface area (Å²) in [6.07, 6.45) is 0. The standard InChI is InChI=1S/C60H41N3Si/c1-5-21-42(22-6-1)61-57-41-43(39-40-50(57)51-32-19-37-56(59(51)61)63-54-35-17-13-29-47(54)48-30-14-18-36-55(48)63)62-53-34-16-15-31-49(53)52-33-20-38-58(60(52)62)64(44-23-7-2-8-24-44,45-25-9-3-10-26-45)46-27-11-4-12-28-46/h1-41H. The highest BCUT2D eigenvalue weighted by Crippen LogP contribution is 2.41. The van der Waals surface area contributed by atoms with Crippen molar-refractivity contribution >= 4 is 94.2 Å². The molecule has 0 amide bonds. The van der Waals surface area contributed by atoms with Crippen LogP contribution >= 0.6 is 0 Å². The number of fused-ring (bicyclic) bond motifs is 9. The molecule has 10 aromatic carbocycles. The number of benzene rings is 10. The highest BCUT2D eigenvalue weighted by molar-refractivity contribution is 7.20. The van der Waals surface area contributed by atoms with Gasteiger partial charge < -0.3 is 13.7 Å². The molecule has 0 atom stereocenters. The Labute approximate surface area is 372 Å². The van der Waals surface area contributed by atoms with E-state index in [1.165, 1.54) is 80.6 Å². The van der Waals surface area contributed by atoms with Crippen LogP contribution in [0.4, 0.5) is 0 Å². The van der Waals surface area contributed by atoms with Gasteiger partial charge in [-0.15, -0.1) is 0 Å². The van der Waals surface area contributed by atoms with Crippen molar-refractivity contribution in [1.82, 2.24) is 13.7 Å². The fraction of sp³-hybridized carbons (Fsp3) is 0. The van der Waals surface area contributed by atoms with Gasteiger partial charge in [0.15, 0.2) is 8.07 Å². The lowest BCUT2D eigenvalue weighted by atomic mass is 10.1. The quantitative estimate of drug-likeness (QED) is 0.112. The molecule has 300 valence electrons. The van der Waals surface area contributed by atoms with Gasteiger partial charge in [-0.25, -0.2) is 0 Å². The molecule has 0 fully saturated rings. The van der Waals surface area contributed by atoms with Gasteiger partial charge in [-0.1, -0.05) is 200 Å². The number of nitrogens with zero attached hydrogens (tertiary/aromatic N) is 3. The van der Waals surface area contributed by atoms with Crippen molar-refractivity contribution < 1.29 is 0 Å². The number of aromatic nitrogens is 3. The minimum absolute atomic E-state index is 1.12. The van der Waals surface area contributed by atoms with Crippen molar-refractivity contribution in [2.24, 2.45) is 0 Å². The van der Waals surface area contributed by atoms with Crippen molar-refractivity contribution in [3.63, 3.8) is 0 Å². The Bertz CT molecular complexity index is 3730. The Kier molecular flexibility index (Phi) is 8.23. The Morgan fingerprint density at radius 1 is 0.250 bits per heavy atom. The lowest BCUT2D eigenvalue weighted by molar-refractivity contribution is 1.12. The lowest BCUT2D eigenvalue weighted by Gasteiger charge is -2.35. The molecule has 0 saturated heterocycles. The van der Waals surface area contributed by atoms with Crippen molar-refractivity contribution in [1.29, 1.82) is 0 Å². The van der Waals surface area contributed by atoms with Crippen molar-refractivity contribution in [2.45, 2.75) is 0 Å². The molecule has 3 heterocycles. The molecule has 13 aromatic rings. The Balaban J connectivity index is 1.17. The third kappa shape index (κ3) is 5.21. The smallest absolute Gasteiger partial charge is 0.181 e. The van der Waals surface area contributed by atoms with Gasteiger partial charge in [0, 0.05) is 43.7 Å². The van der Waals surface area contributed by atoms with Crippen LogP contribution in [0.5, 0.6) is 0 Å². The molecule has 0 N–H and O–H groups in total. The van der Waals surface area contributed by atoms with Crippen LogP contribution in [0.2, 0.25) is 0 Å². The van der Waals surface area contributed by atoms with E-state index in [0.29, 0.717) is 0 Å². The third-order valence-corrected chi connectivity index (χ3v) is 18.4. The van der Waals surface area contributed by atoms with Crippen LogP contribution in [-0.4, -0.2) is 21.8 Å². The van der Waals surface area contributed by atoms with E-state index in [4.69, 9.17) is 0 Å². The predicted octanol–water partition coefficient (Wildman–Crippen LogP) is 12.4. The van der Waals surface area contributed by atoms with Gasteiger partial charge in [0.2, 0.25) is 0 Å². The molecule has 13 rings (SSSR count). The fourth-order valence-electron chi connectivity index (χ4n) is 11.0. The zero-order valence-corrected chi connectivity index (χ0v) is 36.0. The molecular formula is C60H41N3Si. The highest BCUT2D eigenvalue weighted by atomic mass is 28.3.